The molecule has 9 heteroatoms. The Labute approximate surface area is 222 Å². The molecule has 0 radical (unpaired) electrons. The van der Waals surface area contributed by atoms with E-state index in [1.807, 2.05) is 41.3 Å². The standard InChI is InChI=1S/C28H33ClN6O2/c1-19(2)30-11-12-34(27-15-22(36-3)8-9-23(27)29)21-7-10-24-25(14-21)33-26(17-31-24)20-16-32-35(18-20)28-6-4-5-13-37-28/h7-10,14-19,28,30H,4-6,11-13H2,1-3H3. The number of fused-ring (bicyclic) bond motifs is 1. The van der Waals surface area contributed by atoms with Gasteiger partial charge in [-0.25, -0.2) is 9.67 Å². The molecule has 194 valence electrons. The molecule has 0 bridgehead atoms. The van der Waals surface area contributed by atoms with Crippen molar-refractivity contribution in [2.24, 2.45) is 0 Å². The van der Waals surface area contributed by atoms with Gasteiger partial charge in [-0.1, -0.05) is 25.4 Å². The summed E-state index contributed by atoms with van der Waals surface area (Å²) in [5, 5.41) is 8.69. The predicted octanol–water partition coefficient (Wildman–Crippen LogP) is 5.99. The van der Waals surface area contributed by atoms with Crippen molar-refractivity contribution in [3.63, 3.8) is 0 Å². The molecule has 5 rings (SSSR count). The van der Waals surface area contributed by atoms with Crippen molar-refractivity contribution in [1.82, 2.24) is 25.1 Å². The monoisotopic (exact) mass is 520 g/mol. The smallest absolute Gasteiger partial charge is 0.150 e. The minimum atomic E-state index is -0.0110. The summed E-state index contributed by atoms with van der Waals surface area (Å²) in [5.74, 6) is 0.753. The summed E-state index contributed by atoms with van der Waals surface area (Å²) in [7, 11) is 1.66. The van der Waals surface area contributed by atoms with E-state index in [2.05, 4.69) is 46.3 Å². The van der Waals surface area contributed by atoms with Crippen molar-refractivity contribution in [3.8, 4) is 17.0 Å². The Kier molecular flexibility index (Phi) is 7.88. The summed E-state index contributed by atoms with van der Waals surface area (Å²) in [4.78, 5) is 11.8. The fourth-order valence-corrected chi connectivity index (χ4v) is 4.77. The maximum absolute atomic E-state index is 6.66. The molecule has 1 saturated heterocycles. The second-order valence-electron chi connectivity index (χ2n) is 9.54. The molecule has 2 aromatic heterocycles. The summed E-state index contributed by atoms with van der Waals surface area (Å²) >= 11 is 6.66. The number of halogens is 1. The quantitative estimate of drug-likeness (QED) is 0.290. The van der Waals surface area contributed by atoms with Crippen LogP contribution in [0.1, 0.15) is 39.3 Å². The Morgan fingerprint density at radius 3 is 2.84 bits per heavy atom. The summed E-state index contributed by atoms with van der Waals surface area (Å²) in [6.07, 6.45) is 8.85. The maximum Gasteiger partial charge on any atom is 0.150 e. The van der Waals surface area contributed by atoms with Crippen molar-refractivity contribution >= 4 is 34.0 Å². The molecule has 37 heavy (non-hydrogen) atoms. The lowest BCUT2D eigenvalue weighted by molar-refractivity contribution is -0.0394. The number of hydrogen-bond donors (Lipinski definition) is 1. The molecule has 0 aliphatic carbocycles. The molecule has 8 nitrogen and oxygen atoms in total. The number of nitrogens with one attached hydrogen (secondary N) is 1. The third-order valence-electron chi connectivity index (χ3n) is 6.52. The van der Waals surface area contributed by atoms with Crippen LogP contribution in [-0.4, -0.2) is 52.6 Å². The second-order valence-corrected chi connectivity index (χ2v) is 9.94. The van der Waals surface area contributed by atoms with Gasteiger partial charge in [0, 0.05) is 49.3 Å². The molecule has 2 aromatic carbocycles. The molecule has 1 aliphatic heterocycles. The van der Waals surface area contributed by atoms with Gasteiger partial charge in [0.05, 0.1) is 46.9 Å². The van der Waals surface area contributed by atoms with E-state index in [1.54, 1.807) is 13.3 Å². The zero-order valence-electron chi connectivity index (χ0n) is 21.5. The highest BCUT2D eigenvalue weighted by atomic mass is 35.5. The summed E-state index contributed by atoms with van der Waals surface area (Å²) in [5.41, 5.74) is 5.18. The van der Waals surface area contributed by atoms with Crippen molar-refractivity contribution in [1.29, 1.82) is 0 Å². The van der Waals surface area contributed by atoms with Crippen LogP contribution in [0.4, 0.5) is 11.4 Å². The molecular formula is C28H33ClN6O2. The average Bonchev–Trinajstić information content (AvgIpc) is 3.42. The van der Waals surface area contributed by atoms with Crippen molar-refractivity contribution in [3.05, 3.63) is 60.0 Å². The van der Waals surface area contributed by atoms with Gasteiger partial charge in [-0.2, -0.15) is 5.10 Å². The third-order valence-corrected chi connectivity index (χ3v) is 6.84. The molecule has 0 saturated carbocycles. The molecule has 0 spiro atoms. The van der Waals surface area contributed by atoms with Gasteiger partial charge in [-0.3, -0.25) is 4.98 Å². The fourth-order valence-electron chi connectivity index (χ4n) is 4.55. The van der Waals surface area contributed by atoms with E-state index in [0.29, 0.717) is 11.1 Å². The Balaban J connectivity index is 1.48. The normalized spacial score (nSPS) is 15.9. The van der Waals surface area contributed by atoms with Crippen LogP contribution in [0.3, 0.4) is 0 Å². The second kappa shape index (κ2) is 11.5. The number of ether oxygens (including phenoxy) is 2. The first kappa shape index (κ1) is 25.4. The van der Waals surface area contributed by atoms with E-state index in [4.69, 9.17) is 26.1 Å². The highest BCUT2D eigenvalue weighted by molar-refractivity contribution is 6.33. The highest BCUT2D eigenvalue weighted by Crippen LogP contribution is 2.36. The van der Waals surface area contributed by atoms with Gasteiger partial charge in [0.15, 0.2) is 0 Å². The van der Waals surface area contributed by atoms with Gasteiger partial charge in [0.25, 0.3) is 0 Å². The number of rotatable bonds is 9. The van der Waals surface area contributed by atoms with Gasteiger partial charge < -0.3 is 19.7 Å². The van der Waals surface area contributed by atoms with E-state index in [-0.39, 0.29) is 6.23 Å². The number of anilines is 2. The molecule has 1 unspecified atom stereocenters. The Hall–Kier alpha value is -3.20. The van der Waals surface area contributed by atoms with Crippen molar-refractivity contribution in [2.45, 2.75) is 45.4 Å². The number of nitrogens with zero attached hydrogens (tertiary/aromatic N) is 5. The molecular weight excluding hydrogens is 488 g/mol. The number of hydrogen-bond acceptors (Lipinski definition) is 7. The van der Waals surface area contributed by atoms with Crippen LogP contribution < -0.4 is 15.0 Å². The molecule has 0 amide bonds. The zero-order chi connectivity index (χ0) is 25.8. The minimum Gasteiger partial charge on any atom is -0.497 e. The van der Waals surface area contributed by atoms with Gasteiger partial charge in [-0.05, 0) is 49.6 Å². The van der Waals surface area contributed by atoms with Crippen LogP contribution >= 0.6 is 11.6 Å². The van der Waals surface area contributed by atoms with Crippen LogP contribution in [0.25, 0.3) is 22.3 Å². The molecule has 1 fully saturated rings. The topological polar surface area (TPSA) is 77.3 Å². The van der Waals surface area contributed by atoms with E-state index in [9.17, 15) is 0 Å². The molecule has 1 atom stereocenters. The van der Waals surface area contributed by atoms with Gasteiger partial charge in [-0.15, -0.1) is 0 Å². The van der Waals surface area contributed by atoms with Gasteiger partial charge >= 0.3 is 0 Å². The van der Waals surface area contributed by atoms with E-state index in [0.717, 1.165) is 78.4 Å². The first-order chi connectivity index (χ1) is 18.0. The summed E-state index contributed by atoms with van der Waals surface area (Å²) in [6.45, 7) is 6.56. The molecule has 4 aromatic rings. The summed E-state index contributed by atoms with van der Waals surface area (Å²) < 4.78 is 13.2. The lowest BCUT2D eigenvalue weighted by Gasteiger charge is -2.27. The largest absolute Gasteiger partial charge is 0.497 e. The van der Waals surface area contributed by atoms with E-state index >= 15 is 0 Å². The predicted molar refractivity (Wildman–Crippen MR) is 148 cm³/mol. The SMILES string of the molecule is COc1ccc(Cl)c(N(CCNC(C)C)c2ccc3ncc(-c4cnn(C5CCCCO5)c4)nc3c2)c1. The summed E-state index contributed by atoms with van der Waals surface area (Å²) in [6, 6.07) is 12.2. The van der Waals surface area contributed by atoms with Gasteiger partial charge in [0.2, 0.25) is 0 Å². The first-order valence-electron chi connectivity index (χ1n) is 12.8. The van der Waals surface area contributed by atoms with Crippen LogP contribution in [-0.2, 0) is 4.74 Å². The van der Waals surface area contributed by atoms with Crippen LogP contribution in [0.15, 0.2) is 55.0 Å². The van der Waals surface area contributed by atoms with Crippen molar-refractivity contribution in [2.75, 3.05) is 31.7 Å². The maximum atomic E-state index is 6.66. The molecule has 3 heterocycles. The number of methoxy groups -OCH3 is 1. The van der Waals surface area contributed by atoms with Gasteiger partial charge in [0.1, 0.15) is 12.0 Å². The Bertz CT molecular complexity index is 1350. The highest BCUT2D eigenvalue weighted by Gasteiger charge is 2.18. The Morgan fingerprint density at radius 1 is 1.16 bits per heavy atom. The lowest BCUT2D eigenvalue weighted by atomic mass is 10.2. The Morgan fingerprint density at radius 2 is 2.05 bits per heavy atom. The van der Waals surface area contributed by atoms with Crippen LogP contribution in [0.5, 0.6) is 5.75 Å². The van der Waals surface area contributed by atoms with Crippen LogP contribution in [0, 0.1) is 0 Å². The first-order valence-corrected chi connectivity index (χ1v) is 13.2. The molecule has 1 aliphatic rings. The van der Waals surface area contributed by atoms with Crippen LogP contribution in [0.2, 0.25) is 5.02 Å². The molecule has 1 N–H and O–H groups in total. The van der Waals surface area contributed by atoms with E-state index in [1.165, 1.54) is 0 Å². The average molecular weight is 521 g/mol. The van der Waals surface area contributed by atoms with E-state index < -0.39 is 0 Å². The minimum absolute atomic E-state index is 0.0110. The lowest BCUT2D eigenvalue weighted by Crippen LogP contribution is -2.32. The number of benzene rings is 2. The zero-order valence-corrected chi connectivity index (χ0v) is 22.3. The van der Waals surface area contributed by atoms with Crippen molar-refractivity contribution < 1.29 is 9.47 Å². The number of aromatic nitrogens is 4. The fraction of sp³-hybridized carbons (Fsp3) is 0.393. The third kappa shape index (κ3) is 5.87.